The van der Waals surface area contributed by atoms with Crippen molar-refractivity contribution in [2.45, 2.75) is 51.3 Å². The molecule has 0 saturated carbocycles. The van der Waals surface area contributed by atoms with E-state index in [1.54, 1.807) is 4.90 Å². The Kier molecular flexibility index (Phi) is 5.56. The van der Waals surface area contributed by atoms with E-state index >= 15 is 0 Å². The van der Waals surface area contributed by atoms with Crippen molar-refractivity contribution in [1.82, 2.24) is 4.90 Å². The van der Waals surface area contributed by atoms with Gasteiger partial charge in [0.1, 0.15) is 5.60 Å². The van der Waals surface area contributed by atoms with E-state index in [0.29, 0.717) is 6.54 Å². The van der Waals surface area contributed by atoms with Crippen molar-refractivity contribution >= 4 is 38.0 Å². The minimum atomic E-state index is -0.501. The zero-order valence-corrected chi connectivity index (χ0v) is 16.3. The van der Waals surface area contributed by atoms with Gasteiger partial charge in [-0.2, -0.15) is 0 Å². The first kappa shape index (κ1) is 17.8. The first-order chi connectivity index (χ1) is 10.2. The largest absolute Gasteiger partial charge is 0.444 e. The number of piperidine rings is 1. The minimum Gasteiger partial charge on any atom is -0.444 e. The molecular formula is C16H22Br2N2O2. The molecule has 1 aromatic carbocycles. The summed E-state index contributed by atoms with van der Waals surface area (Å²) < 4.78 is 7.49. The summed E-state index contributed by atoms with van der Waals surface area (Å²) in [5.41, 5.74) is 6.68. The Balaban J connectivity index is 2.29. The highest BCUT2D eigenvalue weighted by Gasteiger charge is 2.34. The number of halogens is 2. The molecule has 2 rings (SSSR count). The third kappa shape index (κ3) is 4.70. The standard InChI is InChI=1S/C16H22Br2N2O2/c1-16(2,3)22-15(21)20-5-4-13(19)9-14(20)10-6-11(17)8-12(18)7-10/h6-8,13-14H,4-5,9,19H2,1-3H3. The van der Waals surface area contributed by atoms with Gasteiger partial charge >= 0.3 is 6.09 Å². The molecule has 0 aromatic heterocycles. The first-order valence-corrected chi connectivity index (χ1v) is 8.95. The zero-order valence-electron chi connectivity index (χ0n) is 13.1. The van der Waals surface area contributed by atoms with E-state index in [9.17, 15) is 4.79 Å². The lowest BCUT2D eigenvalue weighted by Crippen LogP contribution is -2.46. The van der Waals surface area contributed by atoms with E-state index < -0.39 is 5.60 Å². The summed E-state index contributed by atoms with van der Waals surface area (Å²) in [6, 6.07) is 6.08. The molecule has 122 valence electrons. The maximum absolute atomic E-state index is 12.5. The highest BCUT2D eigenvalue weighted by molar-refractivity contribution is 9.11. The molecule has 6 heteroatoms. The second-order valence-electron chi connectivity index (χ2n) is 6.68. The van der Waals surface area contributed by atoms with Crippen LogP contribution >= 0.6 is 31.9 Å². The van der Waals surface area contributed by atoms with Gasteiger partial charge in [-0.1, -0.05) is 31.9 Å². The number of carbonyl (C=O) groups excluding carboxylic acids is 1. The van der Waals surface area contributed by atoms with Crippen LogP contribution in [0.3, 0.4) is 0 Å². The number of nitrogens with two attached hydrogens (primary N) is 1. The predicted molar refractivity (Wildman–Crippen MR) is 94.7 cm³/mol. The first-order valence-electron chi connectivity index (χ1n) is 7.37. The summed E-state index contributed by atoms with van der Waals surface area (Å²) in [6.07, 6.45) is 1.26. The molecule has 0 spiro atoms. The molecule has 0 aliphatic carbocycles. The normalized spacial score (nSPS) is 22.5. The number of amides is 1. The third-order valence-electron chi connectivity index (χ3n) is 3.54. The Labute approximate surface area is 148 Å². The van der Waals surface area contributed by atoms with Gasteiger partial charge in [-0.15, -0.1) is 0 Å². The van der Waals surface area contributed by atoms with E-state index in [0.717, 1.165) is 27.4 Å². The lowest BCUT2D eigenvalue weighted by molar-refractivity contribution is 0.00796. The lowest BCUT2D eigenvalue weighted by Gasteiger charge is -2.39. The van der Waals surface area contributed by atoms with Crippen LogP contribution in [0.1, 0.15) is 45.2 Å². The fourth-order valence-electron chi connectivity index (χ4n) is 2.62. The average molecular weight is 434 g/mol. The zero-order chi connectivity index (χ0) is 16.5. The molecule has 2 atom stereocenters. The summed E-state index contributed by atoms with van der Waals surface area (Å²) >= 11 is 7.01. The highest BCUT2D eigenvalue weighted by atomic mass is 79.9. The van der Waals surface area contributed by atoms with Crippen LogP contribution in [0.25, 0.3) is 0 Å². The van der Waals surface area contributed by atoms with E-state index in [4.69, 9.17) is 10.5 Å². The molecule has 4 nitrogen and oxygen atoms in total. The number of ether oxygens (including phenoxy) is 1. The van der Waals surface area contributed by atoms with Crippen molar-refractivity contribution in [1.29, 1.82) is 0 Å². The monoisotopic (exact) mass is 432 g/mol. The van der Waals surface area contributed by atoms with Crippen molar-refractivity contribution in [2.75, 3.05) is 6.54 Å². The van der Waals surface area contributed by atoms with E-state index in [1.165, 1.54) is 0 Å². The van der Waals surface area contributed by atoms with Crippen LogP contribution in [-0.2, 0) is 4.74 Å². The molecular weight excluding hydrogens is 412 g/mol. The van der Waals surface area contributed by atoms with Gasteiger partial charge in [0.15, 0.2) is 0 Å². The average Bonchev–Trinajstić information content (AvgIpc) is 2.35. The highest BCUT2D eigenvalue weighted by Crippen LogP contribution is 2.34. The molecule has 1 heterocycles. The number of rotatable bonds is 1. The van der Waals surface area contributed by atoms with Crippen molar-refractivity contribution in [3.8, 4) is 0 Å². The predicted octanol–water partition coefficient (Wildman–Crippen LogP) is 4.61. The van der Waals surface area contributed by atoms with Gasteiger partial charge in [-0.3, -0.25) is 0 Å². The summed E-state index contributed by atoms with van der Waals surface area (Å²) in [5.74, 6) is 0. The van der Waals surface area contributed by atoms with E-state index in [1.807, 2.05) is 39.0 Å². The van der Waals surface area contributed by atoms with Crippen LogP contribution in [0, 0.1) is 0 Å². The number of likely N-dealkylation sites (tertiary alicyclic amines) is 1. The number of nitrogens with zero attached hydrogens (tertiary/aromatic N) is 1. The van der Waals surface area contributed by atoms with E-state index in [2.05, 4.69) is 31.9 Å². The SMILES string of the molecule is CC(C)(C)OC(=O)N1CCC(N)CC1c1cc(Br)cc(Br)c1. The van der Waals surface area contributed by atoms with Crippen LogP contribution in [0.2, 0.25) is 0 Å². The second-order valence-corrected chi connectivity index (χ2v) is 8.51. The number of hydrogen-bond donors (Lipinski definition) is 1. The van der Waals surface area contributed by atoms with Crippen LogP contribution in [0.4, 0.5) is 4.79 Å². The van der Waals surface area contributed by atoms with Crippen molar-refractivity contribution in [3.63, 3.8) is 0 Å². The quantitative estimate of drug-likeness (QED) is 0.703. The summed E-state index contributed by atoms with van der Waals surface area (Å²) in [4.78, 5) is 14.3. The Bertz CT molecular complexity index is 537. The molecule has 1 aliphatic rings. The molecule has 22 heavy (non-hydrogen) atoms. The maximum atomic E-state index is 12.5. The van der Waals surface area contributed by atoms with Gasteiger partial charge in [0, 0.05) is 21.5 Å². The van der Waals surface area contributed by atoms with E-state index in [-0.39, 0.29) is 18.2 Å². The van der Waals surface area contributed by atoms with Crippen LogP contribution in [0.15, 0.2) is 27.1 Å². The summed E-state index contributed by atoms with van der Waals surface area (Å²) in [7, 11) is 0. The minimum absolute atomic E-state index is 0.0626. The third-order valence-corrected chi connectivity index (χ3v) is 4.46. The molecule has 2 unspecified atom stereocenters. The molecule has 0 bridgehead atoms. The number of benzene rings is 1. The molecule has 1 saturated heterocycles. The molecule has 1 aromatic rings. The van der Waals surface area contributed by atoms with Crippen molar-refractivity contribution < 1.29 is 9.53 Å². The van der Waals surface area contributed by atoms with Gasteiger partial charge in [0.05, 0.1) is 6.04 Å². The molecule has 2 N–H and O–H groups in total. The topological polar surface area (TPSA) is 55.6 Å². The van der Waals surface area contributed by atoms with Crippen molar-refractivity contribution in [2.24, 2.45) is 5.73 Å². The van der Waals surface area contributed by atoms with Gasteiger partial charge in [-0.25, -0.2) is 4.79 Å². The Morgan fingerprint density at radius 2 is 1.86 bits per heavy atom. The van der Waals surface area contributed by atoms with Crippen LogP contribution < -0.4 is 5.73 Å². The summed E-state index contributed by atoms with van der Waals surface area (Å²) in [6.45, 7) is 6.26. The molecule has 1 fully saturated rings. The molecule has 0 radical (unpaired) electrons. The Morgan fingerprint density at radius 3 is 2.41 bits per heavy atom. The Morgan fingerprint density at radius 1 is 1.27 bits per heavy atom. The molecule has 1 aliphatic heterocycles. The second kappa shape index (κ2) is 6.89. The number of hydrogen-bond acceptors (Lipinski definition) is 3. The lowest BCUT2D eigenvalue weighted by atomic mass is 9.92. The Hall–Kier alpha value is -0.590. The maximum Gasteiger partial charge on any atom is 0.410 e. The smallest absolute Gasteiger partial charge is 0.410 e. The van der Waals surface area contributed by atoms with Crippen molar-refractivity contribution in [3.05, 3.63) is 32.7 Å². The fourth-order valence-corrected chi connectivity index (χ4v) is 3.94. The van der Waals surface area contributed by atoms with Crippen LogP contribution in [-0.4, -0.2) is 29.2 Å². The van der Waals surface area contributed by atoms with Gasteiger partial charge in [-0.05, 0) is 57.4 Å². The van der Waals surface area contributed by atoms with Gasteiger partial charge < -0.3 is 15.4 Å². The van der Waals surface area contributed by atoms with Gasteiger partial charge in [0.25, 0.3) is 0 Å². The molecule has 1 amide bonds. The van der Waals surface area contributed by atoms with Crippen LogP contribution in [0.5, 0.6) is 0 Å². The van der Waals surface area contributed by atoms with Gasteiger partial charge in [0.2, 0.25) is 0 Å². The number of carbonyl (C=O) groups is 1. The summed E-state index contributed by atoms with van der Waals surface area (Å²) in [5, 5.41) is 0. The fraction of sp³-hybridized carbons (Fsp3) is 0.562.